The van der Waals surface area contributed by atoms with Crippen LogP contribution in [0.15, 0.2) is 116 Å². The summed E-state index contributed by atoms with van der Waals surface area (Å²) in [6.07, 6.45) is 3.19. The number of hydrogen-bond donors (Lipinski definition) is 2. The highest BCUT2D eigenvalue weighted by Crippen LogP contribution is 2.37. The standard InChI is InChI=1S/C37H32N6O4/c1-23(2)40-34-24(3)41-36(43-35(34)26-13-9-6-10-14-26)37(44)42-33-16-15-27(21-39-33)47-30-17-18-38-29-20-32(31(45-4)19-28(29)30)46-22-25-11-7-5-8-12-25/h5-21,40H,1,22H2,2-4H3,(H,39,42,44). The number of anilines is 2. The topological polar surface area (TPSA) is 120 Å². The second kappa shape index (κ2) is 13.8. The van der Waals surface area contributed by atoms with Crippen molar-refractivity contribution in [3.63, 3.8) is 0 Å². The molecule has 0 atom stereocenters. The van der Waals surface area contributed by atoms with Gasteiger partial charge >= 0.3 is 0 Å². The summed E-state index contributed by atoms with van der Waals surface area (Å²) >= 11 is 0. The van der Waals surface area contributed by atoms with E-state index < -0.39 is 5.91 Å². The first-order valence-electron chi connectivity index (χ1n) is 14.8. The van der Waals surface area contributed by atoms with E-state index in [2.05, 4.69) is 37.1 Å². The van der Waals surface area contributed by atoms with Gasteiger partial charge in [-0.25, -0.2) is 15.0 Å². The summed E-state index contributed by atoms with van der Waals surface area (Å²) in [5, 5.41) is 6.74. The van der Waals surface area contributed by atoms with Gasteiger partial charge in [0.1, 0.15) is 23.9 Å². The van der Waals surface area contributed by atoms with Crippen LogP contribution in [0.4, 0.5) is 11.5 Å². The third-order valence-electron chi connectivity index (χ3n) is 7.11. The number of allylic oxidation sites excluding steroid dienone is 1. The summed E-state index contributed by atoms with van der Waals surface area (Å²) in [6, 6.07) is 28.3. The molecule has 10 nitrogen and oxygen atoms in total. The number of benzene rings is 3. The molecule has 0 saturated heterocycles. The quantitative estimate of drug-likeness (QED) is 0.148. The third kappa shape index (κ3) is 7.18. The van der Waals surface area contributed by atoms with Crippen molar-refractivity contribution >= 4 is 28.3 Å². The first kappa shape index (κ1) is 30.7. The zero-order valence-corrected chi connectivity index (χ0v) is 26.2. The van der Waals surface area contributed by atoms with Gasteiger partial charge in [0.05, 0.1) is 35.9 Å². The zero-order valence-electron chi connectivity index (χ0n) is 26.2. The molecule has 0 fully saturated rings. The fraction of sp³-hybridized carbons (Fsp3) is 0.108. The van der Waals surface area contributed by atoms with E-state index in [1.54, 1.807) is 31.5 Å². The molecule has 47 heavy (non-hydrogen) atoms. The average molecular weight is 625 g/mol. The minimum Gasteiger partial charge on any atom is -0.493 e. The van der Waals surface area contributed by atoms with Crippen LogP contribution in [-0.2, 0) is 6.61 Å². The van der Waals surface area contributed by atoms with Crippen LogP contribution in [0.5, 0.6) is 23.0 Å². The Bertz CT molecular complexity index is 2050. The van der Waals surface area contributed by atoms with Crippen LogP contribution in [0.2, 0.25) is 0 Å². The van der Waals surface area contributed by atoms with Crippen molar-refractivity contribution in [2.24, 2.45) is 0 Å². The predicted octanol–water partition coefficient (Wildman–Crippen LogP) is 7.97. The van der Waals surface area contributed by atoms with Crippen LogP contribution in [0.1, 0.15) is 28.8 Å². The number of fused-ring (bicyclic) bond motifs is 1. The molecular weight excluding hydrogens is 592 g/mol. The van der Waals surface area contributed by atoms with Gasteiger partial charge < -0.3 is 24.8 Å². The summed E-state index contributed by atoms with van der Waals surface area (Å²) in [6.45, 7) is 8.00. The van der Waals surface area contributed by atoms with Gasteiger partial charge in [0, 0.05) is 28.9 Å². The fourth-order valence-corrected chi connectivity index (χ4v) is 4.88. The number of pyridine rings is 2. The van der Waals surface area contributed by atoms with Gasteiger partial charge in [-0.15, -0.1) is 0 Å². The summed E-state index contributed by atoms with van der Waals surface area (Å²) in [5.74, 6) is 1.99. The number of aromatic nitrogens is 4. The van der Waals surface area contributed by atoms with Gasteiger partial charge in [-0.05, 0) is 43.7 Å². The second-order valence-corrected chi connectivity index (χ2v) is 10.7. The summed E-state index contributed by atoms with van der Waals surface area (Å²) in [7, 11) is 1.59. The molecule has 6 aromatic rings. The molecule has 10 heteroatoms. The molecule has 234 valence electrons. The van der Waals surface area contributed by atoms with E-state index in [0.29, 0.717) is 58.0 Å². The molecule has 2 N–H and O–H groups in total. The van der Waals surface area contributed by atoms with Crippen LogP contribution in [0.25, 0.3) is 22.2 Å². The normalized spacial score (nSPS) is 10.7. The lowest BCUT2D eigenvalue weighted by atomic mass is 10.1. The molecule has 0 radical (unpaired) electrons. The van der Waals surface area contributed by atoms with Crippen molar-refractivity contribution in [3.8, 4) is 34.3 Å². The maximum absolute atomic E-state index is 13.2. The van der Waals surface area contributed by atoms with E-state index >= 15 is 0 Å². The van der Waals surface area contributed by atoms with Gasteiger partial charge in [0.2, 0.25) is 5.82 Å². The number of amides is 1. The Morgan fingerprint density at radius 1 is 0.851 bits per heavy atom. The maximum Gasteiger partial charge on any atom is 0.294 e. The first-order chi connectivity index (χ1) is 22.9. The number of hydrogen-bond acceptors (Lipinski definition) is 9. The van der Waals surface area contributed by atoms with E-state index in [-0.39, 0.29) is 5.82 Å². The summed E-state index contributed by atoms with van der Waals surface area (Å²) in [4.78, 5) is 31.2. The van der Waals surface area contributed by atoms with Crippen LogP contribution >= 0.6 is 0 Å². The van der Waals surface area contributed by atoms with Gasteiger partial charge in [0.25, 0.3) is 5.91 Å². The monoisotopic (exact) mass is 624 g/mol. The smallest absolute Gasteiger partial charge is 0.294 e. The first-order valence-corrected chi connectivity index (χ1v) is 14.8. The number of carbonyl (C=O) groups is 1. The number of rotatable bonds is 11. The lowest BCUT2D eigenvalue weighted by molar-refractivity contribution is 0.101. The highest BCUT2D eigenvalue weighted by atomic mass is 16.5. The molecule has 3 aromatic heterocycles. The molecule has 0 aliphatic heterocycles. The highest BCUT2D eigenvalue weighted by Gasteiger charge is 2.19. The van der Waals surface area contributed by atoms with Crippen LogP contribution in [0, 0.1) is 6.92 Å². The van der Waals surface area contributed by atoms with Gasteiger partial charge in [-0.3, -0.25) is 9.78 Å². The molecule has 0 bridgehead atoms. The molecule has 3 aromatic carbocycles. The maximum atomic E-state index is 13.2. The van der Waals surface area contributed by atoms with E-state index in [9.17, 15) is 4.79 Å². The van der Waals surface area contributed by atoms with Gasteiger partial charge in [-0.2, -0.15) is 0 Å². The molecule has 3 heterocycles. The Labute approximate surface area is 272 Å². The van der Waals surface area contributed by atoms with Crippen LogP contribution < -0.4 is 24.8 Å². The molecule has 0 unspecified atom stereocenters. The number of ether oxygens (including phenoxy) is 3. The van der Waals surface area contributed by atoms with E-state index in [4.69, 9.17) is 14.2 Å². The van der Waals surface area contributed by atoms with E-state index in [1.165, 1.54) is 6.20 Å². The Morgan fingerprint density at radius 3 is 2.32 bits per heavy atom. The van der Waals surface area contributed by atoms with Crippen LogP contribution in [-0.4, -0.2) is 33.0 Å². The van der Waals surface area contributed by atoms with Crippen molar-refractivity contribution in [1.82, 2.24) is 19.9 Å². The van der Waals surface area contributed by atoms with E-state index in [1.807, 2.05) is 86.6 Å². The minimum atomic E-state index is -0.495. The molecule has 0 spiro atoms. The SMILES string of the molecule is C=C(C)Nc1c(C)nc(C(=O)Nc2ccc(Oc3ccnc4cc(OCc5ccccc5)c(OC)cc34)cn2)nc1-c1ccccc1. The van der Waals surface area contributed by atoms with Crippen molar-refractivity contribution in [2.45, 2.75) is 20.5 Å². The number of nitrogens with zero attached hydrogens (tertiary/aromatic N) is 4. The van der Waals surface area contributed by atoms with Crippen molar-refractivity contribution < 1.29 is 19.0 Å². The van der Waals surface area contributed by atoms with Gasteiger partial charge in [0.15, 0.2) is 11.5 Å². The second-order valence-electron chi connectivity index (χ2n) is 10.7. The number of nitrogens with one attached hydrogen (secondary N) is 2. The lowest BCUT2D eigenvalue weighted by Gasteiger charge is -2.15. The Morgan fingerprint density at radius 2 is 1.62 bits per heavy atom. The average Bonchev–Trinajstić information content (AvgIpc) is 3.09. The van der Waals surface area contributed by atoms with Crippen LogP contribution in [0.3, 0.4) is 0 Å². The van der Waals surface area contributed by atoms with Crippen molar-refractivity contribution in [1.29, 1.82) is 0 Å². The third-order valence-corrected chi connectivity index (χ3v) is 7.11. The number of methoxy groups -OCH3 is 1. The van der Waals surface area contributed by atoms with E-state index in [0.717, 1.165) is 22.2 Å². The molecule has 0 saturated carbocycles. The molecule has 0 aliphatic rings. The highest BCUT2D eigenvalue weighted by molar-refractivity contribution is 6.01. The molecule has 1 amide bonds. The Kier molecular flexibility index (Phi) is 9.01. The Hall–Kier alpha value is -6.29. The number of aryl methyl sites for hydroxylation is 1. The predicted molar refractivity (Wildman–Crippen MR) is 182 cm³/mol. The number of carbonyl (C=O) groups excluding carboxylic acids is 1. The zero-order chi connectivity index (χ0) is 32.8. The summed E-state index contributed by atoms with van der Waals surface area (Å²) in [5.41, 5.74) is 5.19. The molecular formula is C37H32N6O4. The van der Waals surface area contributed by atoms with Crippen molar-refractivity contribution in [3.05, 3.63) is 133 Å². The largest absolute Gasteiger partial charge is 0.493 e. The van der Waals surface area contributed by atoms with Gasteiger partial charge in [-0.1, -0.05) is 67.2 Å². The molecule has 0 aliphatic carbocycles. The fourth-order valence-electron chi connectivity index (χ4n) is 4.88. The van der Waals surface area contributed by atoms with Crippen molar-refractivity contribution in [2.75, 3.05) is 17.7 Å². The lowest BCUT2D eigenvalue weighted by Crippen LogP contribution is -2.18. The minimum absolute atomic E-state index is 0.0139. The summed E-state index contributed by atoms with van der Waals surface area (Å²) < 4.78 is 17.8. The molecule has 6 rings (SSSR count). The Balaban J connectivity index is 1.19.